The van der Waals surface area contributed by atoms with Crippen LogP contribution in [0.5, 0.6) is 0 Å². The number of hydrogen-bond donors (Lipinski definition) is 1. The van der Waals surface area contributed by atoms with Crippen LogP contribution in [0.2, 0.25) is 0 Å². The summed E-state index contributed by atoms with van der Waals surface area (Å²) >= 11 is 0. The van der Waals surface area contributed by atoms with Crippen LogP contribution < -0.4 is 5.56 Å². The molecule has 1 fully saturated rings. The molecule has 1 aliphatic rings. The van der Waals surface area contributed by atoms with Gasteiger partial charge in [-0.3, -0.25) is 9.59 Å². The van der Waals surface area contributed by atoms with Gasteiger partial charge in [0.05, 0.1) is 0 Å². The summed E-state index contributed by atoms with van der Waals surface area (Å²) in [6.45, 7) is 4.13. The number of pyridine rings is 1. The summed E-state index contributed by atoms with van der Waals surface area (Å²) in [4.78, 5) is 25.7. The molecule has 1 saturated heterocycles. The second-order valence-corrected chi connectivity index (χ2v) is 5.87. The number of aromatic nitrogens is 1. The van der Waals surface area contributed by atoms with Gasteiger partial charge in [-0.05, 0) is 30.7 Å². The first-order valence-electron chi connectivity index (χ1n) is 7.64. The van der Waals surface area contributed by atoms with E-state index in [0.29, 0.717) is 26.1 Å². The van der Waals surface area contributed by atoms with Crippen molar-refractivity contribution in [1.82, 2.24) is 9.47 Å². The molecule has 21 heavy (non-hydrogen) atoms. The first-order valence-corrected chi connectivity index (χ1v) is 7.64. The molecule has 1 aromatic heterocycles. The van der Waals surface area contributed by atoms with E-state index in [-0.39, 0.29) is 23.5 Å². The molecule has 2 heterocycles. The molecule has 0 spiro atoms. The van der Waals surface area contributed by atoms with Crippen molar-refractivity contribution in [2.75, 3.05) is 19.7 Å². The number of aliphatic hydroxyl groups excluding tert-OH is 1. The predicted octanol–water partition coefficient (Wildman–Crippen LogP) is 1.25. The lowest BCUT2D eigenvalue weighted by atomic mass is 9.77. The molecule has 1 aromatic rings. The third-order valence-electron chi connectivity index (χ3n) is 4.73. The lowest BCUT2D eigenvalue weighted by Gasteiger charge is -2.40. The highest BCUT2D eigenvalue weighted by molar-refractivity contribution is 5.76. The Labute approximate surface area is 125 Å². The Kier molecular flexibility index (Phi) is 5.17. The maximum Gasteiger partial charge on any atom is 0.250 e. The van der Waals surface area contributed by atoms with E-state index in [1.54, 1.807) is 22.9 Å². The Morgan fingerprint density at radius 2 is 2.05 bits per heavy atom. The number of likely N-dealkylation sites (tertiary alicyclic amines) is 1. The van der Waals surface area contributed by atoms with Crippen molar-refractivity contribution in [2.24, 2.45) is 5.41 Å². The van der Waals surface area contributed by atoms with Gasteiger partial charge in [-0.25, -0.2) is 0 Å². The largest absolute Gasteiger partial charge is 0.396 e. The Morgan fingerprint density at radius 3 is 2.62 bits per heavy atom. The van der Waals surface area contributed by atoms with Gasteiger partial charge < -0.3 is 14.6 Å². The number of rotatable bonds is 5. The Balaban J connectivity index is 1.86. The van der Waals surface area contributed by atoms with Crippen LogP contribution in [0.1, 0.15) is 32.6 Å². The van der Waals surface area contributed by atoms with E-state index in [4.69, 9.17) is 0 Å². The maximum atomic E-state index is 12.2. The fraction of sp³-hybridized carbons (Fsp3) is 0.625. The molecule has 0 atom stereocenters. The van der Waals surface area contributed by atoms with Gasteiger partial charge in [-0.2, -0.15) is 0 Å². The van der Waals surface area contributed by atoms with Crippen LogP contribution in [-0.2, 0) is 11.3 Å². The molecule has 116 valence electrons. The van der Waals surface area contributed by atoms with E-state index in [9.17, 15) is 14.7 Å². The number of nitrogens with zero attached hydrogens (tertiary/aromatic N) is 2. The lowest BCUT2D eigenvalue weighted by Crippen LogP contribution is -2.44. The van der Waals surface area contributed by atoms with Gasteiger partial charge in [-0.1, -0.05) is 13.0 Å². The minimum Gasteiger partial charge on any atom is -0.396 e. The van der Waals surface area contributed by atoms with Gasteiger partial charge in [0.1, 0.15) is 0 Å². The summed E-state index contributed by atoms with van der Waals surface area (Å²) < 4.78 is 1.56. The van der Waals surface area contributed by atoms with Gasteiger partial charge in [0.25, 0.3) is 5.56 Å². The third kappa shape index (κ3) is 3.73. The van der Waals surface area contributed by atoms with Crippen molar-refractivity contribution in [3.05, 3.63) is 34.7 Å². The summed E-state index contributed by atoms with van der Waals surface area (Å²) in [7, 11) is 0. The van der Waals surface area contributed by atoms with Gasteiger partial charge in [0.2, 0.25) is 5.91 Å². The summed E-state index contributed by atoms with van der Waals surface area (Å²) in [6.07, 6.45) is 4.72. The number of amides is 1. The zero-order valence-corrected chi connectivity index (χ0v) is 12.6. The van der Waals surface area contributed by atoms with Crippen LogP contribution >= 0.6 is 0 Å². The minimum absolute atomic E-state index is 0.00680. The van der Waals surface area contributed by atoms with E-state index < -0.39 is 0 Å². The highest BCUT2D eigenvalue weighted by Crippen LogP contribution is 2.34. The smallest absolute Gasteiger partial charge is 0.250 e. The predicted molar refractivity (Wildman–Crippen MR) is 80.9 cm³/mol. The molecule has 0 radical (unpaired) electrons. The number of piperidine rings is 1. The molecular formula is C16H24N2O3. The van der Waals surface area contributed by atoms with Gasteiger partial charge in [0, 0.05) is 44.9 Å². The summed E-state index contributed by atoms with van der Waals surface area (Å²) in [6, 6.07) is 5.00. The highest BCUT2D eigenvalue weighted by atomic mass is 16.3. The average Bonchev–Trinajstić information content (AvgIpc) is 2.54. The van der Waals surface area contributed by atoms with E-state index in [1.807, 2.05) is 4.90 Å². The summed E-state index contributed by atoms with van der Waals surface area (Å²) in [5.74, 6) is 0.0911. The molecule has 0 aliphatic carbocycles. The summed E-state index contributed by atoms with van der Waals surface area (Å²) in [5, 5.41) is 9.51. The van der Waals surface area contributed by atoms with Crippen molar-refractivity contribution in [1.29, 1.82) is 0 Å². The standard InChI is InChI=1S/C16H24N2O3/c1-2-16(13-19)7-11-18(12-8-16)15(21)6-10-17-9-4-3-5-14(17)20/h3-5,9,19H,2,6-8,10-13H2,1H3. The third-order valence-corrected chi connectivity index (χ3v) is 4.73. The van der Waals surface area contributed by atoms with E-state index >= 15 is 0 Å². The topological polar surface area (TPSA) is 62.5 Å². The normalized spacial score (nSPS) is 17.7. The Bertz CT molecular complexity index is 524. The van der Waals surface area contributed by atoms with Crippen LogP contribution in [0.4, 0.5) is 0 Å². The molecule has 1 aliphatic heterocycles. The average molecular weight is 292 g/mol. The molecular weight excluding hydrogens is 268 g/mol. The zero-order chi connectivity index (χ0) is 15.3. The number of aliphatic hydroxyl groups is 1. The van der Waals surface area contributed by atoms with Crippen molar-refractivity contribution in [2.45, 2.75) is 39.2 Å². The van der Waals surface area contributed by atoms with Crippen LogP contribution in [0.25, 0.3) is 0 Å². The first kappa shape index (κ1) is 15.8. The molecule has 1 amide bonds. The molecule has 5 nitrogen and oxygen atoms in total. The Hall–Kier alpha value is -1.62. The molecule has 1 N–H and O–H groups in total. The van der Waals surface area contributed by atoms with Gasteiger partial charge in [0.15, 0.2) is 0 Å². The number of aryl methyl sites for hydroxylation is 1. The van der Waals surface area contributed by atoms with Gasteiger partial charge >= 0.3 is 0 Å². The molecule has 2 rings (SSSR count). The van der Waals surface area contributed by atoms with Crippen LogP contribution in [-0.4, -0.2) is 40.2 Å². The molecule has 0 saturated carbocycles. The van der Waals surface area contributed by atoms with Gasteiger partial charge in [-0.15, -0.1) is 0 Å². The SMILES string of the molecule is CCC1(CO)CCN(C(=O)CCn2ccccc2=O)CC1. The maximum absolute atomic E-state index is 12.2. The fourth-order valence-electron chi connectivity index (χ4n) is 2.87. The zero-order valence-electron chi connectivity index (χ0n) is 12.6. The van der Waals surface area contributed by atoms with Crippen molar-refractivity contribution in [3.8, 4) is 0 Å². The summed E-state index contributed by atoms with van der Waals surface area (Å²) in [5.41, 5.74) is -0.0816. The number of carbonyl (C=O) groups excluding carboxylic acids is 1. The lowest BCUT2D eigenvalue weighted by molar-refractivity contribution is -0.134. The van der Waals surface area contributed by atoms with E-state index in [0.717, 1.165) is 19.3 Å². The highest BCUT2D eigenvalue weighted by Gasteiger charge is 2.33. The van der Waals surface area contributed by atoms with Crippen molar-refractivity contribution >= 4 is 5.91 Å². The monoisotopic (exact) mass is 292 g/mol. The quantitative estimate of drug-likeness (QED) is 0.888. The minimum atomic E-state index is -0.0748. The van der Waals surface area contributed by atoms with Crippen molar-refractivity contribution < 1.29 is 9.90 Å². The molecule has 0 bridgehead atoms. The van der Waals surface area contributed by atoms with E-state index in [2.05, 4.69) is 6.92 Å². The first-order chi connectivity index (χ1) is 10.1. The second-order valence-electron chi connectivity index (χ2n) is 5.87. The van der Waals surface area contributed by atoms with Crippen LogP contribution in [0.3, 0.4) is 0 Å². The molecule has 0 aromatic carbocycles. The number of hydrogen-bond acceptors (Lipinski definition) is 3. The van der Waals surface area contributed by atoms with Crippen LogP contribution in [0, 0.1) is 5.41 Å². The van der Waals surface area contributed by atoms with Crippen LogP contribution in [0.15, 0.2) is 29.2 Å². The number of carbonyl (C=O) groups is 1. The van der Waals surface area contributed by atoms with Crippen molar-refractivity contribution in [3.63, 3.8) is 0 Å². The molecule has 5 heteroatoms. The second kappa shape index (κ2) is 6.89. The van der Waals surface area contributed by atoms with E-state index in [1.165, 1.54) is 6.07 Å². The molecule has 0 unspecified atom stereocenters. The fourth-order valence-corrected chi connectivity index (χ4v) is 2.87. The Morgan fingerprint density at radius 1 is 1.33 bits per heavy atom.